The molecule has 3 heteroatoms. The van der Waals surface area contributed by atoms with Crippen LogP contribution in [0, 0.1) is 13.8 Å². The van der Waals surface area contributed by atoms with Crippen LogP contribution in [0.4, 0.5) is 0 Å². The molecule has 0 fully saturated rings. The number of nitrogens with zero attached hydrogens (tertiary/aromatic N) is 1. The Morgan fingerprint density at radius 3 is 2.72 bits per heavy atom. The van der Waals surface area contributed by atoms with E-state index < -0.39 is 0 Å². The van der Waals surface area contributed by atoms with Gasteiger partial charge in [-0.3, -0.25) is 0 Å². The fraction of sp³-hybridized carbons (Fsp3) is 0.267. The number of rotatable bonds is 5. The Bertz CT molecular complexity index is 496. The average molecular weight is 259 g/mol. The summed E-state index contributed by atoms with van der Waals surface area (Å²) in [6.07, 6.45) is 1.89. The van der Waals surface area contributed by atoms with Gasteiger partial charge in [0.2, 0.25) is 0 Å². The Morgan fingerprint density at radius 2 is 2.00 bits per heavy atom. The first-order chi connectivity index (χ1) is 8.74. The van der Waals surface area contributed by atoms with E-state index in [0.29, 0.717) is 6.61 Å². The second-order valence-electron chi connectivity index (χ2n) is 4.19. The Balaban J connectivity index is 1.74. The Hall–Kier alpha value is -1.48. The molecule has 0 aliphatic rings. The maximum Gasteiger partial charge on any atom is 0.119 e. The van der Waals surface area contributed by atoms with E-state index in [0.717, 1.165) is 16.5 Å². The van der Waals surface area contributed by atoms with Gasteiger partial charge in [-0.1, -0.05) is 18.2 Å². The third-order valence-electron chi connectivity index (χ3n) is 2.48. The summed E-state index contributed by atoms with van der Waals surface area (Å²) >= 11 is 1.72. The first-order valence-corrected chi connectivity index (χ1v) is 6.97. The van der Waals surface area contributed by atoms with Crippen molar-refractivity contribution < 1.29 is 4.74 Å². The fourth-order valence-electron chi connectivity index (χ4n) is 1.55. The highest BCUT2D eigenvalue weighted by atomic mass is 32.2. The molecular formula is C15H17NOS. The van der Waals surface area contributed by atoms with Gasteiger partial charge in [0.05, 0.1) is 11.6 Å². The van der Waals surface area contributed by atoms with E-state index in [9.17, 15) is 0 Å². The summed E-state index contributed by atoms with van der Waals surface area (Å²) in [5, 5.41) is 1.05. The van der Waals surface area contributed by atoms with Gasteiger partial charge in [-0.15, -0.1) is 11.8 Å². The smallest absolute Gasteiger partial charge is 0.119 e. The average Bonchev–Trinajstić information content (AvgIpc) is 2.37. The number of hydrogen-bond donors (Lipinski definition) is 0. The summed E-state index contributed by atoms with van der Waals surface area (Å²) in [5.41, 5.74) is 2.41. The molecular weight excluding hydrogens is 242 g/mol. The maximum absolute atomic E-state index is 5.68. The summed E-state index contributed by atoms with van der Waals surface area (Å²) in [7, 11) is 0. The van der Waals surface area contributed by atoms with Gasteiger partial charge < -0.3 is 4.74 Å². The number of hydrogen-bond acceptors (Lipinski definition) is 3. The summed E-state index contributed by atoms with van der Waals surface area (Å²) < 4.78 is 5.68. The number of benzene rings is 1. The van der Waals surface area contributed by atoms with Gasteiger partial charge >= 0.3 is 0 Å². The lowest BCUT2D eigenvalue weighted by molar-refractivity contribution is 0.343. The van der Waals surface area contributed by atoms with Crippen molar-refractivity contribution in [3.63, 3.8) is 0 Å². The molecule has 0 saturated carbocycles. The maximum atomic E-state index is 5.68. The molecule has 1 aromatic carbocycles. The SMILES string of the molecule is Cc1ccc(SCCOc2cccc(C)c2)nc1. The van der Waals surface area contributed by atoms with Crippen LogP contribution in [-0.4, -0.2) is 17.3 Å². The zero-order valence-electron chi connectivity index (χ0n) is 10.7. The van der Waals surface area contributed by atoms with Crippen LogP contribution >= 0.6 is 11.8 Å². The molecule has 0 bridgehead atoms. The summed E-state index contributed by atoms with van der Waals surface area (Å²) in [4.78, 5) is 4.34. The monoisotopic (exact) mass is 259 g/mol. The number of ether oxygens (including phenoxy) is 1. The first-order valence-electron chi connectivity index (χ1n) is 5.99. The Labute approximate surface area is 112 Å². The molecule has 0 aliphatic heterocycles. The Morgan fingerprint density at radius 1 is 1.11 bits per heavy atom. The highest BCUT2D eigenvalue weighted by molar-refractivity contribution is 7.99. The van der Waals surface area contributed by atoms with E-state index in [1.165, 1.54) is 11.1 Å². The molecule has 1 heterocycles. The molecule has 18 heavy (non-hydrogen) atoms. The minimum atomic E-state index is 0.698. The molecule has 0 aliphatic carbocycles. The van der Waals surface area contributed by atoms with Crippen molar-refractivity contribution in [1.29, 1.82) is 0 Å². The van der Waals surface area contributed by atoms with E-state index in [-0.39, 0.29) is 0 Å². The van der Waals surface area contributed by atoms with Crippen LogP contribution in [0.15, 0.2) is 47.6 Å². The van der Waals surface area contributed by atoms with Crippen molar-refractivity contribution in [1.82, 2.24) is 4.98 Å². The summed E-state index contributed by atoms with van der Waals surface area (Å²) in [5.74, 6) is 1.84. The van der Waals surface area contributed by atoms with E-state index >= 15 is 0 Å². The molecule has 0 amide bonds. The molecule has 0 radical (unpaired) electrons. The molecule has 0 spiro atoms. The normalized spacial score (nSPS) is 10.3. The zero-order valence-corrected chi connectivity index (χ0v) is 11.5. The number of pyridine rings is 1. The summed E-state index contributed by atoms with van der Waals surface area (Å²) in [6.45, 7) is 4.81. The van der Waals surface area contributed by atoms with Crippen molar-refractivity contribution in [2.75, 3.05) is 12.4 Å². The molecule has 0 atom stereocenters. The summed E-state index contributed by atoms with van der Waals surface area (Å²) in [6, 6.07) is 12.2. The molecule has 94 valence electrons. The predicted octanol–water partition coefficient (Wildman–Crippen LogP) is 3.87. The largest absolute Gasteiger partial charge is 0.493 e. The minimum absolute atomic E-state index is 0.698. The lowest BCUT2D eigenvalue weighted by Gasteiger charge is -2.06. The number of thioether (sulfide) groups is 1. The van der Waals surface area contributed by atoms with E-state index in [1.807, 2.05) is 31.3 Å². The number of aromatic nitrogens is 1. The van der Waals surface area contributed by atoms with Gasteiger partial charge in [-0.25, -0.2) is 4.98 Å². The van der Waals surface area contributed by atoms with Crippen LogP contribution < -0.4 is 4.74 Å². The lowest BCUT2D eigenvalue weighted by atomic mass is 10.2. The molecule has 0 unspecified atom stereocenters. The van der Waals surface area contributed by atoms with Gasteiger partial charge in [0.1, 0.15) is 5.75 Å². The molecule has 2 rings (SSSR count). The van der Waals surface area contributed by atoms with Gasteiger partial charge in [0.15, 0.2) is 0 Å². The zero-order chi connectivity index (χ0) is 12.8. The van der Waals surface area contributed by atoms with E-state index in [4.69, 9.17) is 4.74 Å². The van der Waals surface area contributed by atoms with Crippen molar-refractivity contribution in [2.24, 2.45) is 0 Å². The van der Waals surface area contributed by atoms with Crippen molar-refractivity contribution in [3.8, 4) is 5.75 Å². The van der Waals surface area contributed by atoms with Gasteiger partial charge in [-0.05, 0) is 43.2 Å². The van der Waals surface area contributed by atoms with Crippen LogP contribution in [0.5, 0.6) is 5.75 Å². The second-order valence-corrected chi connectivity index (χ2v) is 5.30. The molecule has 2 nitrogen and oxygen atoms in total. The van der Waals surface area contributed by atoms with Gasteiger partial charge in [0.25, 0.3) is 0 Å². The topological polar surface area (TPSA) is 22.1 Å². The lowest BCUT2D eigenvalue weighted by Crippen LogP contribution is -2.00. The van der Waals surface area contributed by atoms with Crippen LogP contribution in [0.3, 0.4) is 0 Å². The number of aryl methyl sites for hydroxylation is 2. The molecule has 0 saturated heterocycles. The highest BCUT2D eigenvalue weighted by Crippen LogP contribution is 2.16. The fourth-order valence-corrected chi connectivity index (χ4v) is 2.22. The molecule has 2 aromatic rings. The van der Waals surface area contributed by atoms with Crippen molar-refractivity contribution in [3.05, 3.63) is 53.7 Å². The second kappa shape index (κ2) is 6.45. The van der Waals surface area contributed by atoms with Crippen molar-refractivity contribution >= 4 is 11.8 Å². The van der Waals surface area contributed by atoms with Crippen LogP contribution in [0.1, 0.15) is 11.1 Å². The standard InChI is InChI=1S/C15H17NOS/c1-12-4-3-5-14(10-12)17-8-9-18-15-7-6-13(2)11-16-15/h3-7,10-11H,8-9H2,1-2H3. The third-order valence-corrected chi connectivity index (χ3v) is 3.38. The van der Waals surface area contributed by atoms with Crippen LogP contribution in [-0.2, 0) is 0 Å². The minimum Gasteiger partial charge on any atom is -0.493 e. The molecule has 0 N–H and O–H groups in total. The van der Waals surface area contributed by atoms with Gasteiger partial charge in [-0.2, -0.15) is 0 Å². The van der Waals surface area contributed by atoms with Crippen LogP contribution in [0.2, 0.25) is 0 Å². The van der Waals surface area contributed by atoms with Crippen LogP contribution in [0.25, 0.3) is 0 Å². The first kappa shape index (κ1) is 13.0. The van der Waals surface area contributed by atoms with Crippen molar-refractivity contribution in [2.45, 2.75) is 18.9 Å². The highest BCUT2D eigenvalue weighted by Gasteiger charge is 1.97. The third kappa shape index (κ3) is 4.08. The Kier molecular flexibility index (Phi) is 4.65. The molecule has 1 aromatic heterocycles. The van der Waals surface area contributed by atoms with Gasteiger partial charge in [0, 0.05) is 11.9 Å². The predicted molar refractivity (Wildman–Crippen MR) is 76.4 cm³/mol. The quantitative estimate of drug-likeness (QED) is 0.601. The van der Waals surface area contributed by atoms with E-state index in [1.54, 1.807) is 11.8 Å². The van der Waals surface area contributed by atoms with E-state index in [2.05, 4.69) is 30.1 Å².